The van der Waals surface area contributed by atoms with E-state index in [1.165, 1.54) is 37.3 Å². The first-order chi connectivity index (χ1) is 13.3. The van der Waals surface area contributed by atoms with Gasteiger partial charge < -0.3 is 10.1 Å². The Labute approximate surface area is 163 Å². The van der Waals surface area contributed by atoms with Crippen molar-refractivity contribution in [3.8, 4) is 0 Å². The largest absolute Gasteiger partial charge is 0.457 e. The van der Waals surface area contributed by atoms with Crippen LogP contribution in [0.2, 0.25) is 0 Å². The van der Waals surface area contributed by atoms with E-state index >= 15 is 0 Å². The molecule has 0 spiro atoms. The normalized spacial score (nSPS) is 10.2. The van der Waals surface area contributed by atoms with E-state index in [4.69, 9.17) is 4.74 Å². The molecule has 2 aromatic rings. The maximum Gasteiger partial charge on any atom is 0.316 e. The number of nitro groups is 1. The molecule has 0 unspecified atom stereocenters. The summed E-state index contributed by atoms with van der Waals surface area (Å²) < 4.78 is 18.8. The van der Waals surface area contributed by atoms with Crippen LogP contribution in [0.5, 0.6) is 0 Å². The third-order valence-electron chi connectivity index (χ3n) is 3.36. The number of nitrogens with zero attached hydrogens (tertiary/aromatic N) is 1. The number of ketones is 1. The van der Waals surface area contributed by atoms with E-state index in [1.54, 1.807) is 6.07 Å². The molecule has 0 aliphatic heterocycles. The van der Waals surface area contributed by atoms with E-state index in [-0.39, 0.29) is 33.5 Å². The number of para-hydroxylation sites is 1. The lowest BCUT2D eigenvalue weighted by molar-refractivity contribution is -0.387. The number of Topliss-reactive ketones (excluding diaryl/α,β-unsaturated/α-hetero) is 1. The molecule has 0 radical (unpaired) electrons. The number of nitro benzene ring substituents is 1. The Morgan fingerprint density at radius 3 is 2.57 bits per heavy atom. The number of benzene rings is 2. The molecule has 0 atom stereocenters. The van der Waals surface area contributed by atoms with Crippen LogP contribution >= 0.6 is 11.8 Å². The van der Waals surface area contributed by atoms with Gasteiger partial charge in [0.15, 0.2) is 6.61 Å². The first-order valence-corrected chi connectivity index (χ1v) is 8.88. The van der Waals surface area contributed by atoms with Crippen molar-refractivity contribution in [2.75, 3.05) is 17.7 Å². The minimum Gasteiger partial charge on any atom is -0.457 e. The summed E-state index contributed by atoms with van der Waals surface area (Å²) >= 11 is 0.900. The average molecular weight is 406 g/mol. The Kier molecular flexibility index (Phi) is 7.21. The van der Waals surface area contributed by atoms with Crippen molar-refractivity contribution >= 4 is 40.8 Å². The number of anilines is 1. The quantitative estimate of drug-likeness (QED) is 0.235. The lowest BCUT2D eigenvalue weighted by atomic mass is 10.1. The van der Waals surface area contributed by atoms with E-state index in [0.717, 1.165) is 17.8 Å². The molecule has 2 aromatic carbocycles. The van der Waals surface area contributed by atoms with Crippen LogP contribution in [0.15, 0.2) is 47.4 Å². The molecule has 8 nitrogen and oxygen atoms in total. The number of hydrogen-bond acceptors (Lipinski definition) is 7. The molecule has 28 heavy (non-hydrogen) atoms. The molecule has 10 heteroatoms. The zero-order valence-corrected chi connectivity index (χ0v) is 15.5. The van der Waals surface area contributed by atoms with E-state index in [2.05, 4.69) is 5.32 Å². The van der Waals surface area contributed by atoms with Crippen LogP contribution in [0.4, 0.5) is 15.8 Å². The van der Waals surface area contributed by atoms with Crippen molar-refractivity contribution in [3.63, 3.8) is 0 Å². The van der Waals surface area contributed by atoms with Crippen molar-refractivity contribution in [2.45, 2.75) is 11.8 Å². The smallest absolute Gasteiger partial charge is 0.316 e. The summed E-state index contributed by atoms with van der Waals surface area (Å²) in [6.07, 6.45) is 0. The first-order valence-electron chi connectivity index (χ1n) is 7.90. The van der Waals surface area contributed by atoms with Gasteiger partial charge in [0, 0.05) is 18.7 Å². The molecular formula is C18H15FN2O6S. The third kappa shape index (κ3) is 5.88. The van der Waals surface area contributed by atoms with Crippen LogP contribution in [0, 0.1) is 15.9 Å². The fourth-order valence-corrected chi connectivity index (χ4v) is 2.98. The summed E-state index contributed by atoms with van der Waals surface area (Å²) in [6.45, 7) is 0.588. The number of rotatable bonds is 8. The summed E-state index contributed by atoms with van der Waals surface area (Å²) in [4.78, 5) is 45.4. The van der Waals surface area contributed by atoms with Gasteiger partial charge >= 0.3 is 5.97 Å². The molecule has 0 bridgehead atoms. The van der Waals surface area contributed by atoms with Crippen LogP contribution < -0.4 is 5.32 Å². The van der Waals surface area contributed by atoms with Crippen molar-refractivity contribution in [1.82, 2.24) is 0 Å². The van der Waals surface area contributed by atoms with Crippen LogP contribution in [-0.2, 0) is 14.3 Å². The van der Waals surface area contributed by atoms with Gasteiger partial charge in [0.05, 0.1) is 21.1 Å². The van der Waals surface area contributed by atoms with Gasteiger partial charge in [-0.2, -0.15) is 0 Å². The van der Waals surface area contributed by atoms with Gasteiger partial charge in [-0.25, -0.2) is 4.39 Å². The van der Waals surface area contributed by atoms with Gasteiger partial charge in [-0.15, -0.1) is 11.8 Å². The lowest BCUT2D eigenvalue weighted by Crippen LogP contribution is -2.17. The molecule has 0 heterocycles. The zero-order valence-electron chi connectivity index (χ0n) is 14.6. The van der Waals surface area contributed by atoms with E-state index < -0.39 is 29.1 Å². The Morgan fingerprint density at radius 1 is 1.21 bits per heavy atom. The second-order valence-corrected chi connectivity index (χ2v) is 6.49. The fraction of sp³-hybridized carbons (Fsp3) is 0.167. The van der Waals surface area contributed by atoms with Crippen LogP contribution in [0.25, 0.3) is 0 Å². The molecule has 0 saturated heterocycles. The second-order valence-electron chi connectivity index (χ2n) is 5.47. The molecule has 0 aliphatic rings. The summed E-state index contributed by atoms with van der Waals surface area (Å²) in [5.41, 5.74) is -0.231. The van der Waals surface area contributed by atoms with Crippen molar-refractivity contribution < 1.29 is 28.4 Å². The van der Waals surface area contributed by atoms with Gasteiger partial charge in [-0.1, -0.05) is 12.1 Å². The number of thioether (sulfide) groups is 1. The highest BCUT2D eigenvalue weighted by molar-refractivity contribution is 8.00. The van der Waals surface area contributed by atoms with Gasteiger partial charge in [0.2, 0.25) is 11.7 Å². The fourth-order valence-electron chi connectivity index (χ4n) is 2.15. The van der Waals surface area contributed by atoms with Crippen LogP contribution in [-0.4, -0.2) is 34.9 Å². The molecule has 1 amide bonds. The van der Waals surface area contributed by atoms with Crippen molar-refractivity contribution in [3.05, 3.63) is 64.0 Å². The van der Waals surface area contributed by atoms with Gasteiger partial charge in [-0.3, -0.25) is 24.5 Å². The Bertz CT molecular complexity index is 934. The topological polar surface area (TPSA) is 116 Å². The highest BCUT2D eigenvalue weighted by Crippen LogP contribution is 2.28. The molecule has 146 valence electrons. The predicted molar refractivity (Wildman–Crippen MR) is 99.8 cm³/mol. The number of halogens is 1. The molecule has 0 aliphatic carbocycles. The number of nitrogens with one attached hydrogen (secondary N) is 1. The molecule has 0 aromatic heterocycles. The van der Waals surface area contributed by atoms with Gasteiger partial charge in [0.25, 0.3) is 5.69 Å². The number of esters is 1. The summed E-state index contributed by atoms with van der Waals surface area (Å²) in [5.74, 6) is -3.02. The number of hydrogen-bond donors (Lipinski definition) is 1. The summed E-state index contributed by atoms with van der Waals surface area (Å²) in [6, 6.07) is 9.42. The highest BCUT2D eigenvalue weighted by Gasteiger charge is 2.17. The molecule has 0 fully saturated rings. The van der Waals surface area contributed by atoms with Crippen molar-refractivity contribution in [1.29, 1.82) is 0 Å². The summed E-state index contributed by atoms with van der Waals surface area (Å²) in [7, 11) is 0. The maximum atomic E-state index is 14.0. The number of carbonyl (C=O) groups is 3. The second kappa shape index (κ2) is 9.60. The van der Waals surface area contributed by atoms with Crippen LogP contribution in [0.1, 0.15) is 17.3 Å². The molecule has 1 N–H and O–H groups in total. The zero-order chi connectivity index (χ0) is 20.7. The van der Waals surface area contributed by atoms with Gasteiger partial charge in [0.1, 0.15) is 5.82 Å². The van der Waals surface area contributed by atoms with Gasteiger partial charge in [-0.05, 0) is 24.3 Å². The standard InChI is InChI=1S/C18H15FN2O6S/c1-11(22)20-12-6-7-13(14(19)8-12)16(23)9-27-18(24)10-28-17-5-3-2-4-15(17)21(25)26/h2-8H,9-10H2,1H3,(H,20,22). The number of amides is 1. The van der Waals surface area contributed by atoms with E-state index in [0.29, 0.717) is 0 Å². The molecule has 2 rings (SSSR count). The predicted octanol–water partition coefficient (Wildman–Crippen LogP) is 3.21. The third-order valence-corrected chi connectivity index (χ3v) is 4.40. The lowest BCUT2D eigenvalue weighted by Gasteiger charge is -2.07. The Morgan fingerprint density at radius 2 is 1.93 bits per heavy atom. The Balaban J connectivity index is 1.90. The maximum absolute atomic E-state index is 14.0. The first kappa shape index (κ1) is 21.0. The Hall–Kier alpha value is -3.27. The van der Waals surface area contributed by atoms with E-state index in [1.807, 2.05) is 0 Å². The SMILES string of the molecule is CC(=O)Nc1ccc(C(=O)COC(=O)CSc2ccccc2[N+](=O)[O-])c(F)c1. The highest BCUT2D eigenvalue weighted by atomic mass is 32.2. The number of ether oxygens (including phenoxy) is 1. The van der Waals surface area contributed by atoms with Crippen LogP contribution in [0.3, 0.4) is 0 Å². The van der Waals surface area contributed by atoms with Crippen molar-refractivity contribution in [2.24, 2.45) is 0 Å². The van der Waals surface area contributed by atoms with E-state index in [9.17, 15) is 28.9 Å². The minimum absolute atomic E-state index is 0.141. The monoisotopic (exact) mass is 406 g/mol. The minimum atomic E-state index is -0.860. The number of carbonyl (C=O) groups excluding carboxylic acids is 3. The molecular weight excluding hydrogens is 391 g/mol. The summed E-state index contributed by atoms with van der Waals surface area (Å²) in [5, 5.41) is 13.3. The average Bonchev–Trinajstić information content (AvgIpc) is 2.64. The molecule has 0 saturated carbocycles.